The summed E-state index contributed by atoms with van der Waals surface area (Å²) >= 11 is 0. The highest BCUT2D eigenvalue weighted by Crippen LogP contribution is 2.90. The summed E-state index contributed by atoms with van der Waals surface area (Å²) in [5.74, 6) is -0.287. The third kappa shape index (κ3) is 5.10. The van der Waals surface area contributed by atoms with Crippen LogP contribution in [0.25, 0.3) is 0 Å². The van der Waals surface area contributed by atoms with E-state index in [1.165, 1.54) is 7.11 Å². The Hall–Kier alpha value is -0.560. The Bertz CT molecular complexity index is 1510. The fourth-order valence-electron chi connectivity index (χ4n) is 15.4. The van der Waals surface area contributed by atoms with Crippen molar-refractivity contribution in [3.8, 4) is 0 Å². The molecule has 7 N–H and O–H groups in total. The maximum atomic E-state index is 12.6. The topological polar surface area (TPSA) is 206 Å². The van der Waals surface area contributed by atoms with E-state index in [2.05, 4.69) is 34.6 Å². The van der Waals surface area contributed by atoms with Gasteiger partial charge in [0.1, 0.15) is 42.7 Å². The van der Waals surface area contributed by atoms with E-state index >= 15 is 0 Å². The molecule has 14 nitrogen and oxygen atoms in total. The lowest BCUT2D eigenvalue weighted by Crippen LogP contribution is -2.63. The van der Waals surface area contributed by atoms with Crippen molar-refractivity contribution in [1.29, 1.82) is 0 Å². The van der Waals surface area contributed by atoms with Crippen LogP contribution in [-0.4, -0.2) is 141 Å². The molecule has 2 bridgehead atoms. The first kappa shape index (κ1) is 39.9. The zero-order valence-electron chi connectivity index (χ0n) is 33.7. The zero-order chi connectivity index (χ0) is 39.6. The summed E-state index contributed by atoms with van der Waals surface area (Å²) < 4.78 is 44.0. The molecule has 9 aliphatic rings. The van der Waals surface area contributed by atoms with Crippen LogP contribution in [0, 0.1) is 50.7 Å². The maximum Gasteiger partial charge on any atom is 0.190 e. The molecule has 4 aliphatic heterocycles. The first-order chi connectivity index (χ1) is 25.6. The summed E-state index contributed by atoms with van der Waals surface area (Å²) in [6.07, 6.45) is -6.45. The number of methoxy groups -OCH3 is 1. The minimum atomic E-state index is -1.52. The predicted octanol–water partition coefficient (Wildman–Crippen LogP) is 1.56. The van der Waals surface area contributed by atoms with Gasteiger partial charge >= 0.3 is 0 Å². The Morgan fingerprint density at radius 3 is 2.09 bits per heavy atom. The predicted molar refractivity (Wildman–Crippen MR) is 191 cm³/mol. The molecule has 14 heteroatoms. The smallest absolute Gasteiger partial charge is 0.190 e. The highest BCUT2D eigenvalue weighted by atomic mass is 16.8. The van der Waals surface area contributed by atoms with Crippen molar-refractivity contribution >= 4 is 0 Å². The van der Waals surface area contributed by atoms with Crippen LogP contribution >= 0.6 is 0 Å². The van der Waals surface area contributed by atoms with Gasteiger partial charge in [-0.05, 0) is 104 Å². The van der Waals surface area contributed by atoms with Gasteiger partial charge in [-0.25, -0.2) is 0 Å². The van der Waals surface area contributed by atoms with Crippen LogP contribution < -0.4 is 0 Å². The number of rotatable bonds is 6. The van der Waals surface area contributed by atoms with Crippen LogP contribution in [0.2, 0.25) is 0 Å². The van der Waals surface area contributed by atoms with Gasteiger partial charge in [0.25, 0.3) is 0 Å². The molecule has 0 unspecified atom stereocenters. The molecule has 55 heavy (non-hydrogen) atoms. The SMILES string of the molecule is CO[C@H]1O[C@@H](OC(C)(C)[C@H]2O[C@]34C[C@@]5(C)[C@@H]6[C@@H](O)C[C@H]7C(C)(C)[C@@H](O[C@H]8OC[C@@H](O)[C@@H](O)[C@H]8O)CC[C@@]78C[C@@]68CC[C@]5(C)[C@H]3[C@H](C)C[C@H]2O4)[C@@H](O)[C@@H](O)[C@H]1O. The monoisotopic (exact) mass is 782 g/mol. The Balaban J connectivity index is 0.974. The fraction of sp³-hybridized carbons (Fsp3) is 1.00. The van der Waals surface area contributed by atoms with Crippen LogP contribution in [0.15, 0.2) is 0 Å². The molecule has 4 saturated heterocycles. The number of aliphatic hydroxyl groups is 7. The molecule has 5 aliphatic carbocycles. The third-order valence-corrected chi connectivity index (χ3v) is 17.9. The fourth-order valence-corrected chi connectivity index (χ4v) is 15.4. The molecule has 0 radical (unpaired) electrons. The van der Waals surface area contributed by atoms with Crippen molar-refractivity contribution in [3.63, 3.8) is 0 Å². The average Bonchev–Trinajstić information content (AvgIpc) is 3.58. The third-order valence-electron chi connectivity index (χ3n) is 17.9. The minimum Gasteiger partial charge on any atom is -0.393 e. The Morgan fingerprint density at radius 2 is 1.38 bits per heavy atom. The molecule has 5 saturated carbocycles. The minimum absolute atomic E-state index is 0.0299. The lowest BCUT2D eigenvalue weighted by atomic mass is 9.41. The molecule has 3 spiro atoms. The van der Waals surface area contributed by atoms with Gasteiger partial charge in [-0.2, -0.15) is 0 Å². The quantitative estimate of drug-likeness (QED) is 0.191. The molecule has 0 aromatic carbocycles. The zero-order valence-corrected chi connectivity index (χ0v) is 33.7. The number of ether oxygens (including phenoxy) is 7. The molecule has 0 aromatic rings. The second kappa shape index (κ2) is 12.5. The van der Waals surface area contributed by atoms with Crippen LogP contribution in [0.1, 0.15) is 99.8 Å². The normalized spacial score (nSPS) is 60.6. The first-order valence-corrected chi connectivity index (χ1v) is 20.9. The Kier molecular flexibility index (Phi) is 9.06. The molecule has 22 atom stereocenters. The number of hydrogen-bond acceptors (Lipinski definition) is 14. The van der Waals surface area contributed by atoms with E-state index in [0.717, 1.165) is 38.5 Å². The van der Waals surface area contributed by atoms with E-state index in [1.54, 1.807) is 0 Å². The van der Waals surface area contributed by atoms with Gasteiger partial charge < -0.3 is 68.9 Å². The van der Waals surface area contributed by atoms with Gasteiger partial charge in [-0.15, -0.1) is 0 Å². The standard InChI is InChI=1S/C41H66O14/c1-18-13-21-31(36(4,5)55-34-28(48)25(45)27(47)32(49-8)52-34)54-41(53-21)16-38(7)30-19(42)14-22-35(2,3)23(51-33-26(46)24(44)20(43)15-50-33)9-10-39(22)17-40(30,39)12-11-37(38,6)29(18)41/h18-34,42-48H,9-17H2,1-8H3/t18-,19+,20-,21-,22+,23+,24-,25+,26-,27-,28+,29-,30+,31+,32+,33-,34+,37-,38+,39-,40+,41-/m1/s1. The summed E-state index contributed by atoms with van der Waals surface area (Å²) in [5.41, 5.74) is -1.80. The molecule has 9 rings (SSSR count). The van der Waals surface area contributed by atoms with E-state index in [-0.39, 0.29) is 69.6 Å². The lowest BCUT2D eigenvalue weighted by molar-refractivity contribution is -0.368. The van der Waals surface area contributed by atoms with Crippen molar-refractivity contribution in [1.82, 2.24) is 0 Å². The lowest BCUT2D eigenvalue weighted by Gasteiger charge is -2.64. The summed E-state index contributed by atoms with van der Waals surface area (Å²) in [6.45, 7) is 15.3. The van der Waals surface area contributed by atoms with Crippen molar-refractivity contribution in [2.24, 2.45) is 50.7 Å². The summed E-state index contributed by atoms with van der Waals surface area (Å²) in [5, 5.41) is 75.4. The van der Waals surface area contributed by atoms with Crippen molar-refractivity contribution in [2.45, 2.75) is 191 Å². The highest BCUT2D eigenvalue weighted by Gasteiger charge is 2.87. The first-order valence-electron chi connectivity index (χ1n) is 20.9. The molecular weight excluding hydrogens is 716 g/mol. The van der Waals surface area contributed by atoms with Crippen molar-refractivity contribution in [2.75, 3.05) is 13.7 Å². The van der Waals surface area contributed by atoms with Gasteiger partial charge in [-0.1, -0.05) is 34.6 Å². The van der Waals surface area contributed by atoms with E-state index in [1.807, 2.05) is 13.8 Å². The number of hydrogen-bond donors (Lipinski definition) is 7. The Labute approximate surface area is 324 Å². The van der Waals surface area contributed by atoms with E-state index in [0.29, 0.717) is 12.8 Å². The largest absolute Gasteiger partial charge is 0.393 e. The van der Waals surface area contributed by atoms with Crippen LogP contribution in [0.3, 0.4) is 0 Å². The second-order valence-corrected chi connectivity index (χ2v) is 21.1. The van der Waals surface area contributed by atoms with Crippen LogP contribution in [0.4, 0.5) is 0 Å². The maximum absolute atomic E-state index is 12.6. The van der Waals surface area contributed by atoms with E-state index in [4.69, 9.17) is 33.2 Å². The van der Waals surface area contributed by atoms with Crippen LogP contribution in [0.5, 0.6) is 0 Å². The van der Waals surface area contributed by atoms with Gasteiger partial charge in [0.15, 0.2) is 24.7 Å². The number of aliphatic hydroxyl groups excluding tert-OH is 7. The van der Waals surface area contributed by atoms with Crippen LogP contribution in [-0.2, 0) is 33.2 Å². The van der Waals surface area contributed by atoms with E-state index < -0.39 is 79.1 Å². The molecule has 9 fully saturated rings. The molecule has 4 heterocycles. The molecular formula is C41H66O14. The van der Waals surface area contributed by atoms with Crippen molar-refractivity contribution < 1.29 is 68.9 Å². The Morgan fingerprint density at radius 1 is 0.691 bits per heavy atom. The van der Waals surface area contributed by atoms with Crippen molar-refractivity contribution in [3.05, 3.63) is 0 Å². The molecule has 314 valence electrons. The summed E-state index contributed by atoms with van der Waals surface area (Å²) in [6, 6.07) is 0. The molecule has 0 amide bonds. The van der Waals surface area contributed by atoms with Gasteiger partial charge in [0, 0.05) is 19.4 Å². The summed E-state index contributed by atoms with van der Waals surface area (Å²) in [4.78, 5) is 0. The van der Waals surface area contributed by atoms with E-state index in [9.17, 15) is 35.7 Å². The average molecular weight is 783 g/mol. The summed E-state index contributed by atoms with van der Waals surface area (Å²) in [7, 11) is 1.36. The van der Waals surface area contributed by atoms with Gasteiger partial charge in [0.05, 0.1) is 30.5 Å². The molecule has 0 aromatic heterocycles. The highest BCUT2D eigenvalue weighted by molar-refractivity contribution is 5.34. The second-order valence-electron chi connectivity index (χ2n) is 21.1. The number of fused-ring (bicyclic) bond motifs is 4. The van der Waals surface area contributed by atoms with Gasteiger partial charge in [-0.3, -0.25) is 0 Å². The van der Waals surface area contributed by atoms with Gasteiger partial charge in [0.2, 0.25) is 0 Å².